The van der Waals surface area contributed by atoms with Crippen LogP contribution in [0.4, 0.5) is 29.1 Å². The maximum absolute atomic E-state index is 13.3. The Hall–Kier alpha value is -2.97. The fourth-order valence-electron chi connectivity index (χ4n) is 2.09. The maximum Gasteiger partial charge on any atom is 0.433 e. The smallest absolute Gasteiger partial charge is 0.421 e. The highest BCUT2D eigenvalue weighted by molar-refractivity contribution is 5.73. The van der Waals surface area contributed by atoms with Gasteiger partial charge in [-0.15, -0.1) is 10.2 Å². The number of nitrogens with one attached hydrogen (secondary N) is 1. The number of anilines is 2. The average molecular weight is 352 g/mol. The number of aromatic nitrogens is 3. The van der Waals surface area contributed by atoms with Crippen LogP contribution < -0.4 is 5.32 Å². The topological polar surface area (TPSA) is 63.8 Å². The minimum atomic E-state index is -4.62. The van der Waals surface area contributed by atoms with E-state index in [1.165, 1.54) is 24.3 Å². The van der Waals surface area contributed by atoms with Gasteiger partial charge in [0.1, 0.15) is 17.3 Å². The summed E-state index contributed by atoms with van der Waals surface area (Å²) < 4.78 is 57.6. The average Bonchev–Trinajstić information content (AvgIpc) is 3.03. The molecular formula is C16H12F4N4O. The van der Waals surface area contributed by atoms with E-state index in [4.69, 9.17) is 4.42 Å². The van der Waals surface area contributed by atoms with E-state index in [-0.39, 0.29) is 23.0 Å². The van der Waals surface area contributed by atoms with Gasteiger partial charge in [-0.2, -0.15) is 13.2 Å². The largest absolute Gasteiger partial charge is 0.433 e. The van der Waals surface area contributed by atoms with Gasteiger partial charge in [0.2, 0.25) is 5.89 Å². The molecule has 9 heteroatoms. The molecule has 0 radical (unpaired) electrons. The fraction of sp³-hybridized carbons (Fsp3) is 0.188. The van der Waals surface area contributed by atoms with Crippen molar-refractivity contribution in [1.29, 1.82) is 0 Å². The Bertz CT molecular complexity index is 892. The Balaban J connectivity index is 2.07. The zero-order chi connectivity index (χ0) is 18.0. The van der Waals surface area contributed by atoms with Gasteiger partial charge >= 0.3 is 6.18 Å². The van der Waals surface area contributed by atoms with Crippen LogP contribution in [0.2, 0.25) is 0 Å². The Morgan fingerprint density at radius 3 is 2.56 bits per heavy atom. The molecule has 0 aliphatic heterocycles. The molecule has 2 heterocycles. The third-order valence-corrected chi connectivity index (χ3v) is 3.27. The molecule has 2 aromatic heterocycles. The first-order chi connectivity index (χ1) is 11.9. The van der Waals surface area contributed by atoms with Gasteiger partial charge in [-0.3, -0.25) is 0 Å². The molecule has 0 bridgehead atoms. The van der Waals surface area contributed by atoms with Gasteiger partial charge < -0.3 is 9.73 Å². The molecule has 5 nitrogen and oxygen atoms in total. The SMILES string of the molecule is CCc1nnc(-c2ccc(C(F)(F)F)nc2Nc2cccc(F)c2)o1. The van der Waals surface area contributed by atoms with Gasteiger partial charge in [0.15, 0.2) is 0 Å². The normalized spacial score (nSPS) is 11.6. The van der Waals surface area contributed by atoms with Crippen molar-refractivity contribution in [3.63, 3.8) is 0 Å². The van der Waals surface area contributed by atoms with Crippen LogP contribution in [0.5, 0.6) is 0 Å². The van der Waals surface area contributed by atoms with Crippen molar-refractivity contribution in [2.75, 3.05) is 5.32 Å². The van der Waals surface area contributed by atoms with E-state index in [1.54, 1.807) is 6.92 Å². The molecular weight excluding hydrogens is 340 g/mol. The number of hydrogen-bond acceptors (Lipinski definition) is 5. The van der Waals surface area contributed by atoms with Crippen LogP contribution in [0.25, 0.3) is 11.5 Å². The fourth-order valence-corrected chi connectivity index (χ4v) is 2.09. The number of nitrogens with zero attached hydrogens (tertiary/aromatic N) is 3. The van der Waals surface area contributed by atoms with Gasteiger partial charge in [0.25, 0.3) is 5.89 Å². The zero-order valence-electron chi connectivity index (χ0n) is 12.9. The van der Waals surface area contributed by atoms with Crippen molar-refractivity contribution >= 4 is 11.5 Å². The van der Waals surface area contributed by atoms with Crippen LogP contribution >= 0.6 is 0 Å². The third-order valence-electron chi connectivity index (χ3n) is 3.27. The molecule has 0 saturated carbocycles. The van der Waals surface area contributed by atoms with Crippen molar-refractivity contribution in [3.05, 3.63) is 53.8 Å². The number of aryl methyl sites for hydroxylation is 1. The molecule has 0 amide bonds. The van der Waals surface area contributed by atoms with E-state index < -0.39 is 17.7 Å². The molecule has 0 aliphatic rings. The number of alkyl halides is 3. The minimum absolute atomic E-state index is 0.0250. The maximum atomic E-state index is 13.3. The van der Waals surface area contributed by atoms with Crippen molar-refractivity contribution in [1.82, 2.24) is 15.2 Å². The van der Waals surface area contributed by atoms with Crippen LogP contribution in [0.3, 0.4) is 0 Å². The molecule has 130 valence electrons. The van der Waals surface area contributed by atoms with Crippen LogP contribution in [0, 0.1) is 5.82 Å². The van der Waals surface area contributed by atoms with E-state index in [9.17, 15) is 17.6 Å². The number of rotatable bonds is 4. The quantitative estimate of drug-likeness (QED) is 0.696. The molecule has 0 aliphatic carbocycles. The van der Waals surface area contributed by atoms with Crippen molar-refractivity contribution in [2.24, 2.45) is 0 Å². The lowest BCUT2D eigenvalue weighted by molar-refractivity contribution is -0.141. The number of halogens is 4. The molecule has 0 spiro atoms. The summed E-state index contributed by atoms with van der Waals surface area (Å²) in [6.07, 6.45) is -4.14. The van der Waals surface area contributed by atoms with Crippen LogP contribution in [-0.2, 0) is 12.6 Å². The van der Waals surface area contributed by atoms with Crippen molar-refractivity contribution in [3.8, 4) is 11.5 Å². The Morgan fingerprint density at radius 2 is 1.92 bits per heavy atom. The number of pyridine rings is 1. The molecule has 0 atom stereocenters. The zero-order valence-corrected chi connectivity index (χ0v) is 12.9. The highest BCUT2D eigenvalue weighted by atomic mass is 19.4. The van der Waals surface area contributed by atoms with Gasteiger partial charge in [0.05, 0.1) is 5.56 Å². The summed E-state index contributed by atoms with van der Waals surface area (Å²) in [7, 11) is 0. The lowest BCUT2D eigenvalue weighted by atomic mass is 10.2. The summed E-state index contributed by atoms with van der Waals surface area (Å²) >= 11 is 0. The molecule has 0 fully saturated rings. The van der Waals surface area contributed by atoms with Gasteiger partial charge in [-0.05, 0) is 30.3 Å². The van der Waals surface area contributed by atoms with E-state index in [0.29, 0.717) is 12.3 Å². The van der Waals surface area contributed by atoms with Crippen LogP contribution in [0.1, 0.15) is 18.5 Å². The van der Waals surface area contributed by atoms with E-state index in [0.717, 1.165) is 12.1 Å². The second kappa shape index (κ2) is 6.50. The highest BCUT2D eigenvalue weighted by Gasteiger charge is 2.33. The molecule has 1 N–H and O–H groups in total. The summed E-state index contributed by atoms with van der Waals surface area (Å²) in [6, 6.07) is 7.29. The monoisotopic (exact) mass is 352 g/mol. The van der Waals surface area contributed by atoms with Crippen molar-refractivity contribution in [2.45, 2.75) is 19.5 Å². The first kappa shape index (κ1) is 16.9. The van der Waals surface area contributed by atoms with Crippen LogP contribution in [0.15, 0.2) is 40.8 Å². The van der Waals surface area contributed by atoms with Crippen LogP contribution in [-0.4, -0.2) is 15.2 Å². The molecule has 25 heavy (non-hydrogen) atoms. The summed E-state index contributed by atoms with van der Waals surface area (Å²) in [4.78, 5) is 3.59. The van der Waals surface area contributed by atoms with Crippen molar-refractivity contribution < 1.29 is 22.0 Å². The summed E-state index contributed by atoms with van der Waals surface area (Å²) in [5.74, 6) is -0.333. The molecule has 0 saturated heterocycles. The summed E-state index contributed by atoms with van der Waals surface area (Å²) in [5, 5.41) is 10.3. The number of benzene rings is 1. The molecule has 0 unspecified atom stereocenters. The van der Waals surface area contributed by atoms with E-state index in [1.807, 2.05) is 0 Å². The number of hydrogen-bond donors (Lipinski definition) is 1. The Morgan fingerprint density at radius 1 is 1.12 bits per heavy atom. The Labute approximate surface area is 139 Å². The molecule has 1 aromatic carbocycles. The second-order valence-electron chi connectivity index (χ2n) is 5.08. The molecule has 3 rings (SSSR count). The summed E-state index contributed by atoms with van der Waals surface area (Å²) in [6.45, 7) is 1.80. The first-order valence-corrected chi connectivity index (χ1v) is 7.30. The summed E-state index contributed by atoms with van der Waals surface area (Å²) in [5.41, 5.74) is -0.668. The van der Waals surface area contributed by atoms with E-state index in [2.05, 4.69) is 20.5 Å². The highest BCUT2D eigenvalue weighted by Crippen LogP contribution is 2.34. The van der Waals surface area contributed by atoms with Gasteiger partial charge in [0, 0.05) is 12.1 Å². The van der Waals surface area contributed by atoms with Gasteiger partial charge in [-0.25, -0.2) is 9.37 Å². The standard InChI is InChI=1S/C16H12F4N4O/c1-2-13-23-24-15(25-13)11-6-7-12(16(18,19)20)22-14(11)21-10-5-3-4-9(17)8-10/h3-8H,2H2,1H3,(H,21,22). The molecule has 3 aromatic rings. The third kappa shape index (κ3) is 3.76. The minimum Gasteiger partial charge on any atom is -0.421 e. The predicted molar refractivity (Wildman–Crippen MR) is 81.6 cm³/mol. The first-order valence-electron chi connectivity index (χ1n) is 7.30. The lowest BCUT2D eigenvalue weighted by Crippen LogP contribution is -2.10. The Kier molecular flexibility index (Phi) is 4.39. The second-order valence-corrected chi connectivity index (χ2v) is 5.08. The van der Waals surface area contributed by atoms with E-state index >= 15 is 0 Å². The predicted octanol–water partition coefficient (Wildman–Crippen LogP) is 4.60. The lowest BCUT2D eigenvalue weighted by Gasteiger charge is -2.12. The van der Waals surface area contributed by atoms with Gasteiger partial charge in [-0.1, -0.05) is 13.0 Å².